The van der Waals surface area contributed by atoms with Gasteiger partial charge in [0.1, 0.15) is 10.7 Å². The summed E-state index contributed by atoms with van der Waals surface area (Å²) in [6.45, 7) is 17.9. The highest BCUT2D eigenvalue weighted by Gasteiger charge is 2.37. The molecule has 11 heteroatoms. The van der Waals surface area contributed by atoms with E-state index < -0.39 is 24.1 Å². The first-order chi connectivity index (χ1) is 16.7. The van der Waals surface area contributed by atoms with Crippen LogP contribution in [0.3, 0.4) is 0 Å². The molecular formula is C25H36ClN5O2S2Si. The molecule has 7 nitrogen and oxygen atoms in total. The third-order valence-corrected chi connectivity index (χ3v) is 13.9. The van der Waals surface area contributed by atoms with E-state index in [-0.39, 0.29) is 5.04 Å². The van der Waals surface area contributed by atoms with E-state index in [1.807, 2.05) is 45.0 Å². The van der Waals surface area contributed by atoms with Gasteiger partial charge in [-0.3, -0.25) is 0 Å². The number of aromatic amines is 1. The van der Waals surface area contributed by atoms with Crippen LogP contribution in [0.2, 0.25) is 23.2 Å². The van der Waals surface area contributed by atoms with Crippen molar-refractivity contribution in [2.75, 3.05) is 0 Å². The zero-order valence-electron chi connectivity index (χ0n) is 22.2. The zero-order valence-corrected chi connectivity index (χ0v) is 25.6. The van der Waals surface area contributed by atoms with Crippen molar-refractivity contribution in [3.8, 4) is 11.3 Å². The molecule has 2 aromatic heterocycles. The van der Waals surface area contributed by atoms with Gasteiger partial charge in [-0.1, -0.05) is 50.2 Å². The Balaban J connectivity index is 1.95. The van der Waals surface area contributed by atoms with Crippen molar-refractivity contribution < 1.29 is 8.63 Å². The molecule has 0 amide bonds. The predicted octanol–water partition coefficient (Wildman–Crippen LogP) is 6.74. The minimum absolute atomic E-state index is 0.115. The summed E-state index contributed by atoms with van der Waals surface area (Å²) in [7, 11) is -3.16. The summed E-state index contributed by atoms with van der Waals surface area (Å²) >= 11 is 8.33. The summed E-state index contributed by atoms with van der Waals surface area (Å²) < 4.78 is 22.0. The van der Waals surface area contributed by atoms with Crippen LogP contribution in [-0.4, -0.2) is 37.7 Å². The first kappa shape index (κ1) is 29.0. The van der Waals surface area contributed by atoms with Crippen molar-refractivity contribution in [1.29, 1.82) is 0 Å². The molecule has 1 atom stereocenters. The predicted molar refractivity (Wildman–Crippen MR) is 152 cm³/mol. The van der Waals surface area contributed by atoms with Crippen LogP contribution in [0.1, 0.15) is 52.7 Å². The van der Waals surface area contributed by atoms with Crippen molar-refractivity contribution in [2.24, 2.45) is 0 Å². The molecule has 196 valence electrons. The number of nitrogens with one attached hydrogen (secondary N) is 2. The fourth-order valence-electron chi connectivity index (χ4n) is 2.94. The van der Waals surface area contributed by atoms with E-state index in [2.05, 4.69) is 59.0 Å². The molecule has 0 saturated heterocycles. The molecule has 36 heavy (non-hydrogen) atoms. The number of hydrogen-bond donors (Lipinski definition) is 2. The molecule has 0 bridgehead atoms. The summed E-state index contributed by atoms with van der Waals surface area (Å²) in [5.74, 6) is 0. The van der Waals surface area contributed by atoms with Gasteiger partial charge in [-0.25, -0.2) is 13.9 Å². The van der Waals surface area contributed by atoms with Crippen LogP contribution in [0, 0.1) is 0 Å². The Morgan fingerprint density at radius 3 is 2.50 bits per heavy atom. The van der Waals surface area contributed by atoms with Crippen molar-refractivity contribution >= 4 is 42.7 Å². The van der Waals surface area contributed by atoms with Gasteiger partial charge in [0.05, 0.1) is 33.6 Å². The van der Waals surface area contributed by atoms with Crippen LogP contribution in [0.4, 0.5) is 0 Å². The van der Waals surface area contributed by atoms with Gasteiger partial charge < -0.3 is 4.43 Å². The third-order valence-electron chi connectivity index (χ3n) is 6.22. The van der Waals surface area contributed by atoms with Gasteiger partial charge in [0, 0.05) is 28.8 Å². The standard InChI is InChI=1S/C25H36ClN5O2S2Si/c1-24(2,3)35(32)29-14-19-12-18(21-15-28-31-30-21)13-20(26)22(19)34-23-17(10-9-11-27-23)16-33-36(7,8)25(4,5)6/h9-13,15,29H,14,16H2,1-8H3,(H,28,30,31). The first-order valence-electron chi connectivity index (χ1n) is 11.8. The summed E-state index contributed by atoms with van der Waals surface area (Å²) in [6.07, 6.45) is 3.43. The van der Waals surface area contributed by atoms with Crippen LogP contribution in [0.25, 0.3) is 11.3 Å². The lowest BCUT2D eigenvalue weighted by Gasteiger charge is -2.36. The maximum Gasteiger partial charge on any atom is 0.192 e. The van der Waals surface area contributed by atoms with E-state index in [0.717, 1.165) is 26.6 Å². The Morgan fingerprint density at radius 2 is 1.89 bits per heavy atom. The number of hydrogen-bond acceptors (Lipinski definition) is 6. The fourth-order valence-corrected chi connectivity index (χ4v) is 5.95. The minimum Gasteiger partial charge on any atom is -0.412 e. The Kier molecular flexibility index (Phi) is 9.22. The molecule has 3 rings (SSSR count). The second kappa shape index (κ2) is 11.4. The second-order valence-corrected chi connectivity index (χ2v) is 19.4. The molecular weight excluding hydrogens is 530 g/mol. The van der Waals surface area contributed by atoms with Gasteiger partial charge in [0.2, 0.25) is 0 Å². The first-order valence-corrected chi connectivity index (χ1v) is 17.0. The topological polar surface area (TPSA) is 92.8 Å². The molecule has 0 aliphatic rings. The number of nitrogens with zero attached hydrogens (tertiary/aromatic N) is 3. The molecule has 0 saturated carbocycles. The van der Waals surface area contributed by atoms with Gasteiger partial charge in [-0.2, -0.15) is 15.4 Å². The van der Waals surface area contributed by atoms with Gasteiger partial charge in [-0.15, -0.1) is 0 Å². The van der Waals surface area contributed by atoms with Gasteiger partial charge in [0.15, 0.2) is 8.32 Å². The van der Waals surface area contributed by atoms with E-state index >= 15 is 0 Å². The third kappa shape index (κ3) is 7.26. The Bertz CT molecular complexity index is 1210. The maximum absolute atomic E-state index is 12.7. The number of pyridine rings is 1. The van der Waals surface area contributed by atoms with Crippen molar-refractivity contribution in [3.63, 3.8) is 0 Å². The molecule has 0 aliphatic heterocycles. The van der Waals surface area contributed by atoms with Gasteiger partial charge in [0.25, 0.3) is 0 Å². The number of aromatic nitrogens is 4. The Morgan fingerprint density at radius 1 is 1.17 bits per heavy atom. The van der Waals surface area contributed by atoms with Crippen molar-refractivity contribution in [2.45, 2.75) is 87.5 Å². The fraction of sp³-hybridized carbons (Fsp3) is 0.480. The lowest BCUT2D eigenvalue weighted by atomic mass is 10.1. The molecule has 0 fully saturated rings. The largest absolute Gasteiger partial charge is 0.412 e. The maximum atomic E-state index is 12.7. The van der Waals surface area contributed by atoms with E-state index in [1.165, 1.54) is 11.8 Å². The second-order valence-electron chi connectivity index (χ2n) is 11.1. The molecule has 0 aliphatic carbocycles. The van der Waals surface area contributed by atoms with E-state index in [9.17, 15) is 4.21 Å². The summed E-state index contributed by atoms with van der Waals surface area (Å²) in [4.78, 5) is 5.51. The van der Waals surface area contributed by atoms with E-state index in [4.69, 9.17) is 16.0 Å². The summed E-state index contributed by atoms with van der Waals surface area (Å²) in [5.41, 5.74) is 3.44. The summed E-state index contributed by atoms with van der Waals surface area (Å²) in [5, 5.41) is 12.3. The molecule has 1 unspecified atom stereocenters. The normalized spacial score (nSPS) is 13.7. The van der Waals surface area contributed by atoms with Crippen LogP contribution in [-0.2, 0) is 28.6 Å². The lowest BCUT2D eigenvalue weighted by molar-refractivity contribution is 0.273. The lowest BCUT2D eigenvalue weighted by Crippen LogP contribution is -2.40. The van der Waals surface area contributed by atoms with Crippen LogP contribution >= 0.6 is 23.4 Å². The van der Waals surface area contributed by atoms with Gasteiger partial charge >= 0.3 is 0 Å². The van der Waals surface area contributed by atoms with Gasteiger partial charge in [-0.05, 0) is 62.7 Å². The van der Waals surface area contributed by atoms with Crippen LogP contribution in [0.15, 0.2) is 46.6 Å². The minimum atomic E-state index is -1.93. The molecule has 2 heterocycles. The van der Waals surface area contributed by atoms with E-state index in [0.29, 0.717) is 23.9 Å². The highest BCUT2D eigenvalue weighted by Crippen LogP contribution is 2.41. The number of halogens is 1. The Labute approximate surface area is 227 Å². The molecule has 2 N–H and O–H groups in total. The number of H-pyrrole nitrogens is 1. The SMILES string of the molecule is CC(C)(C)S(=O)NCc1cc(-c2cn[nH]n2)cc(Cl)c1Sc1ncccc1CO[Si](C)(C)C(C)(C)C. The molecule has 3 aromatic rings. The number of benzene rings is 1. The van der Waals surface area contributed by atoms with Crippen LogP contribution in [0.5, 0.6) is 0 Å². The average Bonchev–Trinajstić information content (AvgIpc) is 3.32. The molecule has 0 spiro atoms. The quantitative estimate of drug-likeness (QED) is 0.279. The molecule has 1 aromatic carbocycles. The Hall–Kier alpha value is -1.56. The van der Waals surface area contributed by atoms with Crippen molar-refractivity contribution in [3.05, 3.63) is 52.8 Å². The van der Waals surface area contributed by atoms with Crippen molar-refractivity contribution in [1.82, 2.24) is 25.1 Å². The highest BCUT2D eigenvalue weighted by molar-refractivity contribution is 7.99. The smallest absolute Gasteiger partial charge is 0.192 e. The monoisotopic (exact) mass is 565 g/mol. The number of rotatable bonds is 9. The molecule has 0 radical (unpaired) electrons. The zero-order chi connectivity index (χ0) is 26.7. The van der Waals surface area contributed by atoms with E-state index in [1.54, 1.807) is 12.4 Å². The average molecular weight is 566 g/mol. The van der Waals surface area contributed by atoms with Crippen LogP contribution < -0.4 is 4.72 Å². The highest BCUT2D eigenvalue weighted by atomic mass is 35.5. The summed E-state index contributed by atoms with van der Waals surface area (Å²) in [6, 6.07) is 7.86.